The van der Waals surface area contributed by atoms with Crippen LogP contribution in [0.25, 0.3) is 0 Å². The molecule has 0 fully saturated rings. The summed E-state index contributed by atoms with van der Waals surface area (Å²) in [7, 11) is 0. The van der Waals surface area contributed by atoms with Crippen LogP contribution in [0.4, 0.5) is 0 Å². The van der Waals surface area contributed by atoms with E-state index in [0.29, 0.717) is 13.1 Å². The smallest absolute Gasteiger partial charge is 0.303 e. The van der Waals surface area contributed by atoms with Crippen molar-refractivity contribution in [1.29, 1.82) is 0 Å². The Morgan fingerprint density at radius 2 is 1.88 bits per heavy atom. The van der Waals surface area contributed by atoms with E-state index in [-0.39, 0.29) is 31.3 Å². The van der Waals surface area contributed by atoms with Crippen molar-refractivity contribution in [2.75, 3.05) is 19.7 Å². The number of amides is 1. The fourth-order valence-corrected chi connectivity index (χ4v) is 1.55. The van der Waals surface area contributed by atoms with E-state index in [1.165, 1.54) is 0 Å². The number of carbonyl (C=O) groups is 2. The van der Waals surface area contributed by atoms with E-state index < -0.39 is 5.97 Å². The summed E-state index contributed by atoms with van der Waals surface area (Å²) in [5, 5.41) is 17.4. The minimum Gasteiger partial charge on any atom is -0.481 e. The molecular weight excluding hydrogens is 210 g/mol. The van der Waals surface area contributed by atoms with Gasteiger partial charge in [0.05, 0.1) is 6.61 Å². The van der Waals surface area contributed by atoms with Crippen LogP contribution in [-0.2, 0) is 9.59 Å². The molecule has 0 radical (unpaired) electrons. The molecule has 0 rings (SSSR count). The zero-order chi connectivity index (χ0) is 12.6. The maximum atomic E-state index is 11.7. The lowest BCUT2D eigenvalue weighted by Gasteiger charge is -2.22. The molecule has 0 heterocycles. The molecule has 0 aliphatic heterocycles. The summed E-state index contributed by atoms with van der Waals surface area (Å²) in [6.45, 7) is 4.58. The molecule has 16 heavy (non-hydrogen) atoms. The lowest BCUT2D eigenvalue weighted by Crippen LogP contribution is -2.35. The SMILES string of the molecule is CCCN(CCO)C(=O)CC(C)CC(=O)O. The molecule has 0 spiro atoms. The maximum Gasteiger partial charge on any atom is 0.303 e. The topological polar surface area (TPSA) is 77.8 Å². The molecule has 2 N–H and O–H groups in total. The van der Waals surface area contributed by atoms with Crippen LogP contribution in [0.1, 0.15) is 33.1 Å². The Morgan fingerprint density at radius 3 is 2.31 bits per heavy atom. The van der Waals surface area contributed by atoms with Crippen LogP contribution < -0.4 is 0 Å². The minimum atomic E-state index is -0.885. The van der Waals surface area contributed by atoms with Gasteiger partial charge in [0.1, 0.15) is 0 Å². The summed E-state index contributed by atoms with van der Waals surface area (Å²) in [5.41, 5.74) is 0. The molecule has 1 unspecified atom stereocenters. The average molecular weight is 231 g/mol. The van der Waals surface area contributed by atoms with Crippen molar-refractivity contribution in [3.8, 4) is 0 Å². The predicted octanol–water partition coefficient (Wildman–Crippen LogP) is 0.718. The summed E-state index contributed by atoms with van der Waals surface area (Å²) in [6, 6.07) is 0. The summed E-state index contributed by atoms with van der Waals surface area (Å²) in [4.78, 5) is 23.8. The van der Waals surface area contributed by atoms with E-state index >= 15 is 0 Å². The molecule has 0 saturated heterocycles. The van der Waals surface area contributed by atoms with E-state index in [9.17, 15) is 9.59 Å². The fraction of sp³-hybridized carbons (Fsp3) is 0.818. The van der Waals surface area contributed by atoms with Gasteiger partial charge in [-0.2, -0.15) is 0 Å². The van der Waals surface area contributed by atoms with E-state index in [1.807, 2.05) is 6.92 Å². The van der Waals surface area contributed by atoms with E-state index in [4.69, 9.17) is 10.2 Å². The van der Waals surface area contributed by atoms with Crippen molar-refractivity contribution >= 4 is 11.9 Å². The van der Waals surface area contributed by atoms with Gasteiger partial charge >= 0.3 is 5.97 Å². The van der Waals surface area contributed by atoms with Gasteiger partial charge < -0.3 is 15.1 Å². The van der Waals surface area contributed by atoms with E-state index in [1.54, 1.807) is 11.8 Å². The minimum absolute atomic E-state index is 0.00479. The third kappa shape index (κ3) is 6.40. The molecule has 0 aliphatic carbocycles. The monoisotopic (exact) mass is 231 g/mol. The Kier molecular flexibility index (Phi) is 7.54. The molecule has 0 saturated carbocycles. The first-order valence-corrected chi connectivity index (χ1v) is 5.61. The highest BCUT2D eigenvalue weighted by atomic mass is 16.4. The van der Waals surface area contributed by atoms with Gasteiger partial charge in [0.2, 0.25) is 5.91 Å². The van der Waals surface area contributed by atoms with Gasteiger partial charge in [-0.15, -0.1) is 0 Å². The molecule has 0 aliphatic rings. The molecular formula is C11H21NO4. The highest BCUT2D eigenvalue weighted by Gasteiger charge is 2.17. The molecule has 0 aromatic rings. The Balaban J connectivity index is 4.12. The zero-order valence-corrected chi connectivity index (χ0v) is 9.98. The lowest BCUT2D eigenvalue weighted by molar-refractivity contribution is -0.138. The highest BCUT2D eigenvalue weighted by molar-refractivity contribution is 5.77. The molecule has 0 bridgehead atoms. The number of hydrogen-bond acceptors (Lipinski definition) is 3. The summed E-state index contributed by atoms with van der Waals surface area (Å²) >= 11 is 0. The first kappa shape index (κ1) is 14.9. The zero-order valence-electron chi connectivity index (χ0n) is 9.98. The summed E-state index contributed by atoms with van der Waals surface area (Å²) < 4.78 is 0. The summed E-state index contributed by atoms with van der Waals surface area (Å²) in [6.07, 6.45) is 1.07. The largest absolute Gasteiger partial charge is 0.481 e. The van der Waals surface area contributed by atoms with Crippen LogP contribution in [0.3, 0.4) is 0 Å². The van der Waals surface area contributed by atoms with E-state index in [0.717, 1.165) is 6.42 Å². The number of carboxylic acid groups (broad SMARTS) is 1. The Morgan fingerprint density at radius 1 is 1.25 bits per heavy atom. The number of carboxylic acids is 1. The lowest BCUT2D eigenvalue weighted by atomic mass is 10.0. The number of hydrogen-bond donors (Lipinski definition) is 2. The van der Waals surface area contributed by atoms with Crippen LogP contribution >= 0.6 is 0 Å². The first-order valence-electron chi connectivity index (χ1n) is 5.61. The molecule has 0 aromatic carbocycles. The second kappa shape index (κ2) is 8.10. The fourth-order valence-electron chi connectivity index (χ4n) is 1.55. The second-order valence-corrected chi connectivity index (χ2v) is 4.01. The van der Waals surface area contributed by atoms with E-state index in [2.05, 4.69) is 0 Å². The number of aliphatic carboxylic acids is 1. The van der Waals surface area contributed by atoms with Crippen molar-refractivity contribution in [3.63, 3.8) is 0 Å². The van der Waals surface area contributed by atoms with Gasteiger partial charge in [0, 0.05) is 25.9 Å². The van der Waals surface area contributed by atoms with Crippen LogP contribution in [0.5, 0.6) is 0 Å². The normalized spacial score (nSPS) is 12.2. The van der Waals surface area contributed by atoms with Gasteiger partial charge in [-0.05, 0) is 12.3 Å². The van der Waals surface area contributed by atoms with Gasteiger partial charge in [0.15, 0.2) is 0 Å². The first-order chi connectivity index (χ1) is 7.51. The maximum absolute atomic E-state index is 11.7. The average Bonchev–Trinajstić information content (AvgIpc) is 2.15. The van der Waals surface area contributed by atoms with Crippen LogP contribution in [-0.4, -0.2) is 46.7 Å². The van der Waals surface area contributed by atoms with Crippen LogP contribution in [0.15, 0.2) is 0 Å². The Hall–Kier alpha value is -1.10. The molecule has 0 aromatic heterocycles. The van der Waals surface area contributed by atoms with Crippen LogP contribution in [0, 0.1) is 5.92 Å². The van der Waals surface area contributed by atoms with Crippen molar-refractivity contribution in [3.05, 3.63) is 0 Å². The standard InChI is InChI=1S/C11H21NO4/c1-3-4-12(5-6-13)10(14)7-9(2)8-11(15)16/h9,13H,3-8H2,1-2H3,(H,15,16). The second-order valence-electron chi connectivity index (χ2n) is 4.01. The van der Waals surface area contributed by atoms with Crippen molar-refractivity contribution in [1.82, 2.24) is 4.90 Å². The van der Waals surface area contributed by atoms with Crippen molar-refractivity contribution in [2.45, 2.75) is 33.1 Å². The number of aliphatic hydroxyl groups is 1. The third-order valence-electron chi connectivity index (χ3n) is 2.26. The predicted molar refractivity (Wildman–Crippen MR) is 60.0 cm³/mol. The number of aliphatic hydroxyl groups excluding tert-OH is 1. The van der Waals surface area contributed by atoms with Gasteiger partial charge in [-0.25, -0.2) is 0 Å². The van der Waals surface area contributed by atoms with Gasteiger partial charge in [-0.3, -0.25) is 9.59 Å². The molecule has 1 atom stereocenters. The van der Waals surface area contributed by atoms with Gasteiger partial charge in [-0.1, -0.05) is 13.8 Å². The molecule has 1 amide bonds. The Bertz CT molecular complexity index is 224. The van der Waals surface area contributed by atoms with Crippen molar-refractivity contribution < 1.29 is 19.8 Å². The summed E-state index contributed by atoms with van der Waals surface area (Å²) in [5.74, 6) is -1.13. The van der Waals surface area contributed by atoms with Crippen molar-refractivity contribution in [2.24, 2.45) is 5.92 Å². The molecule has 94 valence electrons. The Labute approximate surface area is 96.1 Å². The highest BCUT2D eigenvalue weighted by Crippen LogP contribution is 2.10. The van der Waals surface area contributed by atoms with Gasteiger partial charge in [0.25, 0.3) is 0 Å². The molecule has 5 heteroatoms. The third-order valence-corrected chi connectivity index (χ3v) is 2.26. The molecule has 5 nitrogen and oxygen atoms in total. The number of rotatable bonds is 8. The quantitative estimate of drug-likeness (QED) is 0.645. The van der Waals surface area contributed by atoms with Crippen LogP contribution in [0.2, 0.25) is 0 Å². The number of carbonyl (C=O) groups excluding carboxylic acids is 1. The number of nitrogens with zero attached hydrogens (tertiary/aromatic N) is 1.